The molecule has 2 heterocycles. The van der Waals surface area contributed by atoms with E-state index in [1.165, 1.54) is 25.4 Å². The second-order valence-electron chi connectivity index (χ2n) is 6.68. The van der Waals surface area contributed by atoms with Gasteiger partial charge in [-0.15, -0.1) is 5.10 Å². The van der Waals surface area contributed by atoms with E-state index in [1.54, 1.807) is 19.9 Å². The van der Waals surface area contributed by atoms with Gasteiger partial charge in [0, 0.05) is 17.5 Å². The number of carbonyl (C=O) groups excluding carboxylic acids is 1. The summed E-state index contributed by atoms with van der Waals surface area (Å²) >= 11 is 6.68. The number of aryl methyl sites for hydroxylation is 1. The average Bonchev–Trinajstić information content (AvgIpc) is 3.07. The lowest BCUT2D eigenvalue weighted by molar-refractivity contribution is 0.102. The Morgan fingerprint density at radius 1 is 1.45 bits per heavy atom. The van der Waals surface area contributed by atoms with Gasteiger partial charge in [-0.2, -0.15) is 0 Å². The third-order valence-electron chi connectivity index (χ3n) is 4.51. The quantitative estimate of drug-likeness (QED) is 0.552. The Balaban J connectivity index is 2.01. The zero-order chi connectivity index (χ0) is 22.7. The Morgan fingerprint density at radius 3 is 2.87 bits per heavy atom. The highest BCUT2D eigenvalue weighted by molar-refractivity contribution is 7.13. The molecule has 0 spiro atoms. The molecule has 1 aromatic carbocycles. The van der Waals surface area contributed by atoms with Crippen molar-refractivity contribution in [2.45, 2.75) is 32.9 Å². The van der Waals surface area contributed by atoms with E-state index in [0.29, 0.717) is 12.1 Å². The average molecular weight is 467 g/mol. The summed E-state index contributed by atoms with van der Waals surface area (Å²) in [6.07, 6.45) is 1.03. The fourth-order valence-electron chi connectivity index (χ4n) is 2.87. The van der Waals surface area contributed by atoms with Gasteiger partial charge in [-0.25, -0.2) is 9.07 Å². The summed E-state index contributed by atoms with van der Waals surface area (Å²) in [5.41, 5.74) is 0.855. The summed E-state index contributed by atoms with van der Waals surface area (Å²) in [5, 5.41) is 16.2. The molecule has 8 nitrogen and oxygen atoms in total. The van der Waals surface area contributed by atoms with Crippen molar-refractivity contribution in [1.29, 1.82) is 0 Å². The molecular weight excluding hydrogens is 447 g/mol. The molecule has 31 heavy (non-hydrogen) atoms. The number of pyridine rings is 1. The molecule has 0 aliphatic rings. The molecule has 1 atom stereocenters. The van der Waals surface area contributed by atoms with Crippen molar-refractivity contribution in [3.8, 4) is 16.9 Å². The Labute approximate surface area is 186 Å². The molecule has 0 aliphatic heterocycles. The van der Waals surface area contributed by atoms with Crippen LogP contribution in [-0.4, -0.2) is 39.0 Å². The van der Waals surface area contributed by atoms with Crippen molar-refractivity contribution >= 4 is 34.0 Å². The van der Waals surface area contributed by atoms with Crippen LogP contribution in [0.4, 0.5) is 9.52 Å². The predicted octanol–water partition coefficient (Wildman–Crippen LogP) is 3.50. The lowest BCUT2D eigenvalue weighted by Crippen LogP contribution is -2.23. The zero-order valence-electron chi connectivity index (χ0n) is 17.0. The molecule has 0 radical (unpaired) electrons. The van der Waals surface area contributed by atoms with Crippen molar-refractivity contribution in [2.75, 3.05) is 12.4 Å². The van der Waals surface area contributed by atoms with E-state index in [1.807, 2.05) is 0 Å². The number of amides is 1. The van der Waals surface area contributed by atoms with Crippen LogP contribution in [0.2, 0.25) is 5.02 Å². The number of ether oxygens (including phenoxy) is 1. The molecule has 3 aromatic rings. The Kier molecular flexibility index (Phi) is 7.04. The summed E-state index contributed by atoms with van der Waals surface area (Å²) in [5.74, 6) is -1.17. The Morgan fingerprint density at radius 2 is 2.19 bits per heavy atom. The summed E-state index contributed by atoms with van der Waals surface area (Å²) in [4.78, 5) is 28.8. The molecule has 0 aliphatic carbocycles. The summed E-state index contributed by atoms with van der Waals surface area (Å²) in [6, 6.07) is 4.41. The number of anilines is 1. The van der Waals surface area contributed by atoms with E-state index in [9.17, 15) is 19.1 Å². The van der Waals surface area contributed by atoms with Gasteiger partial charge in [0.15, 0.2) is 5.82 Å². The third-order valence-corrected chi connectivity index (χ3v) is 5.57. The van der Waals surface area contributed by atoms with Crippen LogP contribution >= 0.6 is 22.9 Å². The highest BCUT2D eigenvalue weighted by Crippen LogP contribution is 2.38. The molecule has 0 bridgehead atoms. The van der Waals surface area contributed by atoms with Crippen molar-refractivity contribution in [1.82, 2.24) is 14.8 Å². The number of aliphatic hydroxyl groups excluding tert-OH is 1. The maximum Gasteiger partial charge on any atom is 0.326 e. The van der Waals surface area contributed by atoms with E-state index in [0.717, 1.165) is 16.0 Å². The number of halogens is 2. The van der Waals surface area contributed by atoms with Gasteiger partial charge < -0.3 is 9.84 Å². The number of nitrogens with one attached hydrogen (secondary N) is 1. The molecule has 2 N–H and O–H groups in total. The first-order valence-electron chi connectivity index (χ1n) is 9.31. The van der Waals surface area contributed by atoms with Gasteiger partial charge in [0.2, 0.25) is 5.13 Å². The molecule has 0 saturated carbocycles. The minimum Gasteiger partial charge on any atom is -0.496 e. The first-order chi connectivity index (χ1) is 14.7. The lowest BCUT2D eigenvalue weighted by Gasteiger charge is -2.14. The molecule has 2 aromatic heterocycles. The fraction of sp³-hybridized carbons (Fsp3) is 0.300. The standard InChI is InChI=1S/C20H20ClFN4O4S/c1-4-11(27)9-26-20(29)31-19(25-26)24-18(28)13-8-23-10(2)7-12(13)16-15(30-3)6-5-14(21)17(16)22/h5-8,11,27H,4,9H2,1-3H3,(H,24,25,28). The van der Waals surface area contributed by atoms with Crippen LogP contribution in [0.3, 0.4) is 0 Å². The molecule has 11 heteroatoms. The molecule has 3 rings (SSSR count). The van der Waals surface area contributed by atoms with Gasteiger partial charge in [0.05, 0.1) is 35.9 Å². The van der Waals surface area contributed by atoms with Crippen LogP contribution < -0.4 is 14.9 Å². The number of hydrogen-bond acceptors (Lipinski definition) is 7. The van der Waals surface area contributed by atoms with Crippen LogP contribution in [0.15, 0.2) is 29.2 Å². The highest BCUT2D eigenvalue weighted by Gasteiger charge is 2.23. The van der Waals surface area contributed by atoms with Gasteiger partial charge >= 0.3 is 4.87 Å². The largest absolute Gasteiger partial charge is 0.496 e. The minimum absolute atomic E-state index is 0.0178. The second kappa shape index (κ2) is 9.54. The number of benzene rings is 1. The number of hydrogen-bond donors (Lipinski definition) is 2. The van der Waals surface area contributed by atoms with E-state index in [-0.39, 0.29) is 39.1 Å². The van der Waals surface area contributed by atoms with Crippen molar-refractivity contribution < 1.29 is 19.0 Å². The van der Waals surface area contributed by atoms with Crippen LogP contribution in [0, 0.1) is 12.7 Å². The third kappa shape index (κ3) is 4.92. The molecular formula is C20H20ClFN4O4S. The van der Waals surface area contributed by atoms with E-state index < -0.39 is 22.7 Å². The number of aromatic nitrogens is 3. The van der Waals surface area contributed by atoms with Crippen molar-refractivity contribution in [3.63, 3.8) is 0 Å². The molecule has 1 amide bonds. The van der Waals surface area contributed by atoms with Gasteiger partial charge in [-0.05, 0) is 42.9 Å². The molecule has 1 unspecified atom stereocenters. The van der Waals surface area contributed by atoms with E-state index >= 15 is 0 Å². The van der Waals surface area contributed by atoms with E-state index in [2.05, 4.69) is 15.4 Å². The van der Waals surface area contributed by atoms with Crippen LogP contribution in [0.1, 0.15) is 29.4 Å². The number of carbonyl (C=O) groups is 1. The topological polar surface area (TPSA) is 106 Å². The Hall–Kier alpha value is -2.82. The maximum absolute atomic E-state index is 14.9. The van der Waals surface area contributed by atoms with Crippen LogP contribution in [-0.2, 0) is 6.54 Å². The molecule has 0 saturated heterocycles. The first kappa shape index (κ1) is 22.9. The smallest absolute Gasteiger partial charge is 0.326 e. The van der Waals surface area contributed by atoms with Gasteiger partial charge in [0.1, 0.15) is 5.75 Å². The van der Waals surface area contributed by atoms with Crippen molar-refractivity contribution in [2.24, 2.45) is 0 Å². The Bertz CT molecular complexity index is 1180. The fourth-order valence-corrected chi connectivity index (χ4v) is 3.69. The van der Waals surface area contributed by atoms with Crippen LogP contribution in [0.25, 0.3) is 11.1 Å². The number of aliphatic hydroxyl groups is 1. The number of nitrogens with zero attached hydrogens (tertiary/aromatic N) is 3. The monoisotopic (exact) mass is 466 g/mol. The second-order valence-corrected chi connectivity index (χ2v) is 8.03. The normalized spacial score (nSPS) is 11.9. The minimum atomic E-state index is -0.733. The van der Waals surface area contributed by atoms with Crippen molar-refractivity contribution in [3.05, 3.63) is 56.2 Å². The van der Waals surface area contributed by atoms with Gasteiger partial charge in [-0.1, -0.05) is 18.5 Å². The van der Waals surface area contributed by atoms with E-state index in [4.69, 9.17) is 16.3 Å². The lowest BCUT2D eigenvalue weighted by atomic mass is 9.98. The summed E-state index contributed by atoms with van der Waals surface area (Å²) in [7, 11) is 1.38. The number of methoxy groups -OCH3 is 1. The SMILES string of the molecule is CCC(O)Cn1nc(NC(=O)c2cnc(C)cc2-c2c(OC)ccc(Cl)c2F)sc1=O. The molecule has 164 valence electrons. The zero-order valence-corrected chi connectivity index (χ0v) is 18.6. The molecule has 0 fully saturated rings. The number of rotatable bonds is 7. The van der Waals surface area contributed by atoms with Gasteiger partial charge in [0.25, 0.3) is 5.91 Å². The summed E-state index contributed by atoms with van der Waals surface area (Å²) in [6.45, 7) is 3.50. The maximum atomic E-state index is 14.9. The van der Waals surface area contributed by atoms with Crippen LogP contribution in [0.5, 0.6) is 5.75 Å². The summed E-state index contributed by atoms with van der Waals surface area (Å²) < 4.78 is 21.3. The van der Waals surface area contributed by atoms with Gasteiger partial charge in [-0.3, -0.25) is 19.9 Å². The first-order valence-corrected chi connectivity index (χ1v) is 10.5. The predicted molar refractivity (Wildman–Crippen MR) is 117 cm³/mol. The highest BCUT2D eigenvalue weighted by atomic mass is 35.5.